The van der Waals surface area contributed by atoms with Gasteiger partial charge in [-0.2, -0.15) is 0 Å². The van der Waals surface area contributed by atoms with Crippen LogP contribution in [0.15, 0.2) is 22.8 Å². The molecule has 0 radical (unpaired) electrons. The molecule has 112 valence electrons. The van der Waals surface area contributed by atoms with E-state index in [0.717, 1.165) is 0 Å². The zero-order valence-electron chi connectivity index (χ0n) is 10.6. The number of aromatic nitrogens is 1. The van der Waals surface area contributed by atoms with E-state index in [2.05, 4.69) is 20.9 Å². The van der Waals surface area contributed by atoms with Crippen molar-refractivity contribution < 1.29 is 13.5 Å². The van der Waals surface area contributed by atoms with Crippen LogP contribution in [0.25, 0.3) is 0 Å². The molecule has 0 aliphatic carbocycles. The van der Waals surface area contributed by atoms with Gasteiger partial charge in [0.25, 0.3) is 0 Å². The zero-order chi connectivity index (χ0) is 15.7. The smallest absolute Gasteiger partial charge is 0.166 e. The molecule has 0 fully saturated rings. The maximum atomic E-state index is 13.5. The molecule has 2 rings (SSSR count). The minimum Gasteiger partial charge on any atom is -0.482 e. The Morgan fingerprint density at radius 1 is 1.24 bits per heavy atom. The highest BCUT2D eigenvalue weighted by molar-refractivity contribution is 9.10. The maximum absolute atomic E-state index is 13.5. The molecule has 0 amide bonds. The van der Waals surface area contributed by atoms with Crippen LogP contribution in [0, 0.1) is 11.6 Å². The number of nitrogens with two attached hydrogens (primary N) is 1. The first-order chi connectivity index (χ1) is 9.81. The molecule has 1 aromatic carbocycles. The SMILES string of the molecule is CC(Oc1cc(Br)cnc1N)c1c(Cl)c(F)cc(F)c1Cl. The number of halogens is 5. The van der Waals surface area contributed by atoms with Crippen molar-refractivity contribution in [1.82, 2.24) is 4.98 Å². The van der Waals surface area contributed by atoms with E-state index >= 15 is 0 Å². The molecule has 2 N–H and O–H groups in total. The molecule has 0 spiro atoms. The van der Waals surface area contributed by atoms with Crippen molar-refractivity contribution in [3.63, 3.8) is 0 Å². The first kappa shape index (κ1) is 16.3. The third-order valence-corrected chi connectivity index (χ3v) is 3.91. The number of ether oxygens (including phenoxy) is 1. The van der Waals surface area contributed by atoms with Crippen LogP contribution in [0.4, 0.5) is 14.6 Å². The van der Waals surface area contributed by atoms with Gasteiger partial charge >= 0.3 is 0 Å². The summed E-state index contributed by atoms with van der Waals surface area (Å²) in [6.45, 7) is 1.55. The molecule has 1 unspecified atom stereocenters. The van der Waals surface area contributed by atoms with Gasteiger partial charge in [-0.25, -0.2) is 13.8 Å². The molecule has 8 heteroatoms. The number of anilines is 1. The van der Waals surface area contributed by atoms with E-state index in [4.69, 9.17) is 33.7 Å². The van der Waals surface area contributed by atoms with Crippen LogP contribution in [-0.4, -0.2) is 4.98 Å². The van der Waals surface area contributed by atoms with Crippen LogP contribution in [0.2, 0.25) is 10.0 Å². The van der Waals surface area contributed by atoms with Crippen molar-refractivity contribution in [2.45, 2.75) is 13.0 Å². The lowest BCUT2D eigenvalue weighted by Gasteiger charge is -2.19. The van der Waals surface area contributed by atoms with Gasteiger partial charge in [0.05, 0.1) is 10.0 Å². The van der Waals surface area contributed by atoms with Gasteiger partial charge in [0.2, 0.25) is 0 Å². The van der Waals surface area contributed by atoms with Gasteiger partial charge in [0.15, 0.2) is 11.6 Å². The number of benzene rings is 1. The molecular weight excluding hydrogens is 389 g/mol. The lowest BCUT2D eigenvalue weighted by molar-refractivity contribution is 0.226. The number of pyridine rings is 1. The third-order valence-electron chi connectivity index (χ3n) is 2.70. The summed E-state index contributed by atoms with van der Waals surface area (Å²) in [5.74, 6) is -1.45. The summed E-state index contributed by atoms with van der Waals surface area (Å²) < 4.78 is 33.3. The van der Waals surface area contributed by atoms with Crippen LogP contribution < -0.4 is 10.5 Å². The first-order valence-corrected chi connectivity index (χ1v) is 7.26. The van der Waals surface area contributed by atoms with Crippen molar-refractivity contribution in [3.8, 4) is 5.75 Å². The summed E-state index contributed by atoms with van der Waals surface area (Å²) in [6.07, 6.45) is 0.669. The maximum Gasteiger partial charge on any atom is 0.166 e. The van der Waals surface area contributed by atoms with Gasteiger partial charge in [-0.05, 0) is 28.9 Å². The lowest BCUT2D eigenvalue weighted by atomic mass is 10.1. The van der Waals surface area contributed by atoms with Gasteiger partial charge in [-0.15, -0.1) is 0 Å². The Bertz CT molecular complexity index is 674. The average Bonchev–Trinajstić information content (AvgIpc) is 2.41. The second-order valence-electron chi connectivity index (χ2n) is 4.18. The normalized spacial score (nSPS) is 12.3. The highest BCUT2D eigenvalue weighted by Crippen LogP contribution is 2.37. The van der Waals surface area contributed by atoms with E-state index in [-0.39, 0.29) is 27.2 Å². The average molecular weight is 398 g/mol. The van der Waals surface area contributed by atoms with Gasteiger partial charge < -0.3 is 10.5 Å². The molecule has 1 atom stereocenters. The van der Waals surface area contributed by atoms with Gasteiger partial charge in [0.1, 0.15) is 17.7 Å². The summed E-state index contributed by atoms with van der Waals surface area (Å²) in [5.41, 5.74) is 5.69. The molecule has 0 saturated heterocycles. The first-order valence-electron chi connectivity index (χ1n) is 5.71. The van der Waals surface area contributed by atoms with Crippen LogP contribution in [0.5, 0.6) is 5.75 Å². The predicted molar refractivity (Wildman–Crippen MR) is 81.8 cm³/mol. The summed E-state index contributed by atoms with van der Waals surface area (Å²) in [6, 6.07) is 2.20. The van der Waals surface area contributed by atoms with Crippen molar-refractivity contribution in [2.75, 3.05) is 5.73 Å². The van der Waals surface area contributed by atoms with Crippen molar-refractivity contribution in [1.29, 1.82) is 0 Å². The van der Waals surface area contributed by atoms with E-state index in [0.29, 0.717) is 10.5 Å². The van der Waals surface area contributed by atoms with E-state index in [1.807, 2.05) is 0 Å². The highest BCUT2D eigenvalue weighted by atomic mass is 79.9. The van der Waals surface area contributed by atoms with Crippen molar-refractivity contribution in [3.05, 3.63) is 50.0 Å². The third kappa shape index (κ3) is 3.39. The van der Waals surface area contributed by atoms with Crippen LogP contribution in [0.1, 0.15) is 18.6 Å². The molecular formula is C13H9BrCl2F2N2O. The Kier molecular flexibility index (Phi) is 4.91. The molecule has 1 heterocycles. The topological polar surface area (TPSA) is 48.1 Å². The number of hydrogen-bond donors (Lipinski definition) is 1. The summed E-state index contributed by atoms with van der Waals surface area (Å²) in [7, 11) is 0. The molecule has 2 aromatic rings. The van der Waals surface area contributed by atoms with Gasteiger partial charge in [0, 0.05) is 22.3 Å². The van der Waals surface area contributed by atoms with Crippen molar-refractivity contribution >= 4 is 44.9 Å². The Morgan fingerprint density at radius 2 is 1.81 bits per heavy atom. The van der Waals surface area contributed by atoms with Crippen molar-refractivity contribution in [2.24, 2.45) is 0 Å². The molecule has 0 aliphatic rings. The molecule has 3 nitrogen and oxygen atoms in total. The second kappa shape index (κ2) is 6.34. The number of nitrogen functional groups attached to an aromatic ring is 1. The Labute approximate surface area is 138 Å². The number of rotatable bonds is 3. The molecule has 0 bridgehead atoms. The summed E-state index contributed by atoms with van der Waals surface area (Å²) in [4.78, 5) is 3.90. The number of hydrogen-bond acceptors (Lipinski definition) is 3. The van der Waals surface area contributed by atoms with Crippen LogP contribution >= 0.6 is 39.1 Å². The molecule has 1 aromatic heterocycles. The quantitative estimate of drug-likeness (QED) is 0.728. The fourth-order valence-corrected chi connectivity index (χ4v) is 2.69. The monoisotopic (exact) mass is 396 g/mol. The summed E-state index contributed by atoms with van der Waals surface area (Å²) in [5, 5.41) is -0.592. The van der Waals surface area contributed by atoms with E-state index < -0.39 is 17.7 Å². The largest absolute Gasteiger partial charge is 0.482 e. The highest BCUT2D eigenvalue weighted by Gasteiger charge is 2.23. The van der Waals surface area contributed by atoms with E-state index in [9.17, 15) is 8.78 Å². The zero-order valence-corrected chi connectivity index (χ0v) is 13.7. The van der Waals surface area contributed by atoms with Gasteiger partial charge in [-0.1, -0.05) is 23.2 Å². The van der Waals surface area contributed by atoms with Gasteiger partial charge in [-0.3, -0.25) is 0 Å². The van der Waals surface area contributed by atoms with E-state index in [1.54, 1.807) is 13.0 Å². The Hall–Kier alpha value is -1.11. The minimum atomic E-state index is -0.913. The predicted octanol–water partition coefficient (Wildman–Crippen LogP) is 5.15. The van der Waals surface area contributed by atoms with Crippen LogP contribution in [-0.2, 0) is 0 Å². The summed E-state index contributed by atoms with van der Waals surface area (Å²) >= 11 is 14.9. The molecule has 0 aliphatic heterocycles. The Balaban J connectivity index is 2.41. The lowest BCUT2D eigenvalue weighted by Crippen LogP contribution is -2.09. The second-order valence-corrected chi connectivity index (χ2v) is 5.85. The Morgan fingerprint density at radius 3 is 2.38 bits per heavy atom. The number of nitrogens with zero attached hydrogens (tertiary/aromatic N) is 1. The minimum absolute atomic E-state index is 0.00945. The molecule has 0 saturated carbocycles. The fourth-order valence-electron chi connectivity index (χ4n) is 1.72. The molecule has 21 heavy (non-hydrogen) atoms. The standard InChI is InChI=1S/C13H9BrCl2F2N2O/c1-5(21-9-2-6(14)4-20-13(9)19)10-11(15)7(17)3-8(18)12(10)16/h2-5H,1H3,(H2,19,20). The van der Waals surface area contributed by atoms with E-state index in [1.165, 1.54) is 6.20 Å². The van der Waals surface area contributed by atoms with Crippen LogP contribution in [0.3, 0.4) is 0 Å². The fraction of sp³-hybridized carbons (Fsp3) is 0.154.